The fourth-order valence-electron chi connectivity index (χ4n) is 3.65. The summed E-state index contributed by atoms with van der Waals surface area (Å²) in [5, 5.41) is 3.96. The quantitative estimate of drug-likeness (QED) is 0.663. The molecule has 0 amide bonds. The summed E-state index contributed by atoms with van der Waals surface area (Å²) >= 11 is 5.98. The number of nitrogens with zero attached hydrogens (tertiary/aromatic N) is 2. The van der Waals surface area contributed by atoms with Crippen molar-refractivity contribution < 1.29 is 4.79 Å². The minimum atomic E-state index is 0.0918. The van der Waals surface area contributed by atoms with E-state index in [1.54, 1.807) is 6.20 Å². The first-order chi connectivity index (χ1) is 13.0. The number of Topliss-reactive ketones (excluding diaryl/α,β-unsaturated/α-hetero) is 1. The zero-order valence-electron chi connectivity index (χ0n) is 15.3. The largest absolute Gasteiger partial charge is 0.324 e. The lowest BCUT2D eigenvalue weighted by atomic mass is 9.82. The third kappa shape index (κ3) is 3.86. The van der Waals surface area contributed by atoms with Crippen molar-refractivity contribution in [2.45, 2.75) is 32.6 Å². The lowest BCUT2D eigenvalue weighted by molar-refractivity contribution is 0.0962. The summed E-state index contributed by atoms with van der Waals surface area (Å²) in [7, 11) is 0. The monoisotopic (exact) mass is 377 g/mol. The number of halogens is 1. The Kier molecular flexibility index (Phi) is 4.66. The molecule has 1 aliphatic carbocycles. The fraction of sp³-hybridized carbons (Fsp3) is 0.227. The highest BCUT2D eigenvalue weighted by atomic mass is 35.5. The van der Waals surface area contributed by atoms with Gasteiger partial charge in [0, 0.05) is 23.3 Å². The van der Waals surface area contributed by atoms with E-state index in [0.29, 0.717) is 29.4 Å². The smallest absolute Gasteiger partial charge is 0.227 e. The number of hydrogen-bond donors (Lipinski definition) is 1. The number of rotatable bonds is 3. The van der Waals surface area contributed by atoms with Gasteiger partial charge in [0.05, 0.1) is 11.3 Å². The lowest BCUT2D eigenvalue weighted by Gasteiger charge is -2.23. The Hall–Kier alpha value is -2.72. The number of benzene rings is 2. The topological polar surface area (TPSA) is 54.9 Å². The second kappa shape index (κ2) is 7.12. The van der Waals surface area contributed by atoms with Crippen LogP contribution in [0.1, 0.15) is 45.1 Å². The summed E-state index contributed by atoms with van der Waals surface area (Å²) in [6.07, 6.45) is 2.84. The van der Waals surface area contributed by atoms with Gasteiger partial charge in [-0.05, 0) is 67.1 Å². The van der Waals surface area contributed by atoms with Crippen LogP contribution in [0.5, 0.6) is 0 Å². The predicted octanol–water partition coefficient (Wildman–Crippen LogP) is 5.40. The molecule has 5 heteroatoms. The van der Waals surface area contributed by atoms with Gasteiger partial charge in [0.2, 0.25) is 5.95 Å². The van der Waals surface area contributed by atoms with Crippen LogP contribution in [0.15, 0.2) is 48.7 Å². The average molecular weight is 378 g/mol. The highest BCUT2D eigenvalue weighted by Gasteiger charge is 2.28. The molecule has 1 atom stereocenters. The Morgan fingerprint density at radius 2 is 1.74 bits per heavy atom. The van der Waals surface area contributed by atoms with Crippen LogP contribution in [0.2, 0.25) is 5.02 Å². The molecule has 1 aliphatic rings. The van der Waals surface area contributed by atoms with E-state index in [9.17, 15) is 4.79 Å². The van der Waals surface area contributed by atoms with E-state index in [1.165, 1.54) is 11.1 Å². The number of hydrogen-bond acceptors (Lipinski definition) is 4. The van der Waals surface area contributed by atoms with Crippen LogP contribution < -0.4 is 5.32 Å². The van der Waals surface area contributed by atoms with Crippen LogP contribution in [0.25, 0.3) is 0 Å². The maximum Gasteiger partial charge on any atom is 0.227 e. The molecule has 0 aliphatic heterocycles. The van der Waals surface area contributed by atoms with E-state index in [4.69, 9.17) is 11.6 Å². The normalized spacial score (nSPS) is 16.1. The lowest BCUT2D eigenvalue weighted by Crippen LogP contribution is -2.21. The van der Waals surface area contributed by atoms with Gasteiger partial charge in [0.1, 0.15) is 0 Å². The first-order valence-electron chi connectivity index (χ1n) is 8.98. The second-order valence-corrected chi connectivity index (χ2v) is 7.57. The zero-order chi connectivity index (χ0) is 19.0. The Labute approximate surface area is 163 Å². The number of aryl methyl sites for hydroxylation is 2. The molecule has 0 spiro atoms. The van der Waals surface area contributed by atoms with Gasteiger partial charge in [-0.2, -0.15) is 0 Å². The summed E-state index contributed by atoms with van der Waals surface area (Å²) in [6.45, 7) is 4.11. The molecule has 1 aromatic heterocycles. The third-order valence-corrected chi connectivity index (χ3v) is 5.11. The molecule has 136 valence electrons. The van der Waals surface area contributed by atoms with E-state index in [1.807, 2.05) is 24.3 Å². The Morgan fingerprint density at radius 3 is 2.44 bits per heavy atom. The van der Waals surface area contributed by atoms with E-state index < -0.39 is 0 Å². The number of anilines is 2. The van der Waals surface area contributed by atoms with Gasteiger partial charge in [0.15, 0.2) is 5.78 Å². The van der Waals surface area contributed by atoms with Crippen LogP contribution in [-0.2, 0) is 6.42 Å². The van der Waals surface area contributed by atoms with Crippen LogP contribution in [0.3, 0.4) is 0 Å². The van der Waals surface area contributed by atoms with Gasteiger partial charge < -0.3 is 5.32 Å². The average Bonchev–Trinajstić information content (AvgIpc) is 2.61. The third-order valence-electron chi connectivity index (χ3n) is 4.86. The minimum Gasteiger partial charge on any atom is -0.324 e. The molecule has 1 heterocycles. The van der Waals surface area contributed by atoms with Crippen LogP contribution in [-0.4, -0.2) is 15.8 Å². The molecule has 0 fully saturated rings. The van der Waals surface area contributed by atoms with Crippen molar-refractivity contribution in [3.05, 3.63) is 81.6 Å². The number of aromatic nitrogens is 2. The van der Waals surface area contributed by atoms with Crippen LogP contribution >= 0.6 is 11.6 Å². The van der Waals surface area contributed by atoms with E-state index in [2.05, 4.69) is 47.3 Å². The number of carbonyl (C=O) groups excluding carboxylic acids is 1. The standard InChI is InChI=1S/C22H20ClN3O/c1-13-7-14(2)9-18(8-13)25-22-24-12-19-20(26-22)10-16(11-21(19)27)15-3-5-17(23)6-4-15/h3-9,12,16H,10-11H2,1-2H3,(H,24,25,26)/t16-/m0/s1. The first kappa shape index (κ1) is 17.7. The van der Waals surface area contributed by atoms with Gasteiger partial charge in [-0.3, -0.25) is 4.79 Å². The second-order valence-electron chi connectivity index (χ2n) is 7.14. The molecular formula is C22H20ClN3O. The van der Waals surface area contributed by atoms with Gasteiger partial charge in [-0.15, -0.1) is 0 Å². The Bertz CT molecular complexity index is 994. The maximum absolute atomic E-state index is 12.6. The van der Waals surface area contributed by atoms with Crippen LogP contribution in [0, 0.1) is 13.8 Å². The highest BCUT2D eigenvalue weighted by Crippen LogP contribution is 2.32. The molecule has 4 nitrogen and oxygen atoms in total. The summed E-state index contributed by atoms with van der Waals surface area (Å²) in [5.74, 6) is 0.726. The van der Waals surface area contributed by atoms with Gasteiger partial charge >= 0.3 is 0 Å². The Morgan fingerprint density at radius 1 is 1.04 bits per heavy atom. The molecule has 4 rings (SSSR count). The molecule has 0 saturated carbocycles. The van der Waals surface area contributed by atoms with Crippen molar-refractivity contribution in [1.29, 1.82) is 0 Å². The zero-order valence-corrected chi connectivity index (χ0v) is 16.0. The van der Waals surface area contributed by atoms with Crippen molar-refractivity contribution in [1.82, 2.24) is 9.97 Å². The van der Waals surface area contributed by atoms with Crippen molar-refractivity contribution in [3.63, 3.8) is 0 Å². The molecule has 2 aromatic carbocycles. The van der Waals surface area contributed by atoms with Crippen molar-refractivity contribution in [2.24, 2.45) is 0 Å². The molecule has 27 heavy (non-hydrogen) atoms. The van der Waals surface area contributed by atoms with Gasteiger partial charge in [0.25, 0.3) is 0 Å². The summed E-state index contributed by atoms with van der Waals surface area (Å²) in [6, 6.07) is 13.9. The number of ketones is 1. The number of fused-ring (bicyclic) bond motifs is 1. The van der Waals surface area contributed by atoms with Crippen molar-refractivity contribution >= 4 is 29.0 Å². The Balaban J connectivity index is 1.61. The molecule has 0 saturated heterocycles. The molecule has 0 radical (unpaired) electrons. The predicted molar refractivity (Wildman–Crippen MR) is 108 cm³/mol. The first-order valence-corrected chi connectivity index (χ1v) is 9.35. The van der Waals surface area contributed by atoms with Gasteiger partial charge in [-0.25, -0.2) is 9.97 Å². The maximum atomic E-state index is 12.6. The molecule has 1 N–H and O–H groups in total. The van der Waals surface area contributed by atoms with Crippen LogP contribution in [0.4, 0.5) is 11.6 Å². The molecule has 0 bridgehead atoms. The van der Waals surface area contributed by atoms with E-state index in [-0.39, 0.29) is 11.7 Å². The summed E-state index contributed by atoms with van der Waals surface area (Å²) in [4.78, 5) is 21.6. The number of nitrogens with one attached hydrogen (secondary N) is 1. The molecular weight excluding hydrogens is 358 g/mol. The van der Waals surface area contributed by atoms with Crippen molar-refractivity contribution in [3.8, 4) is 0 Å². The SMILES string of the molecule is Cc1cc(C)cc(Nc2ncc3c(n2)C[C@H](c2ccc(Cl)cc2)CC3=O)c1. The van der Waals surface area contributed by atoms with E-state index in [0.717, 1.165) is 16.9 Å². The minimum absolute atomic E-state index is 0.0918. The molecule has 3 aromatic rings. The van der Waals surface area contributed by atoms with Crippen molar-refractivity contribution in [2.75, 3.05) is 5.32 Å². The number of carbonyl (C=O) groups is 1. The fourth-order valence-corrected chi connectivity index (χ4v) is 3.78. The summed E-state index contributed by atoms with van der Waals surface area (Å²) in [5.41, 5.74) is 5.84. The van der Waals surface area contributed by atoms with E-state index >= 15 is 0 Å². The van der Waals surface area contributed by atoms with Gasteiger partial charge in [-0.1, -0.05) is 29.8 Å². The highest BCUT2D eigenvalue weighted by molar-refractivity contribution is 6.30. The summed E-state index contributed by atoms with van der Waals surface area (Å²) < 4.78 is 0. The molecule has 0 unspecified atom stereocenters.